The zero-order valence-electron chi connectivity index (χ0n) is 15.2. The number of carboxylic acids is 1. The Hall–Kier alpha value is -0.0900. The summed E-state index contributed by atoms with van der Waals surface area (Å²) in [6, 6.07) is 0. The molecule has 2 rings (SSSR count). The third-order valence-electron chi connectivity index (χ3n) is 5.41. The lowest BCUT2D eigenvalue weighted by molar-refractivity contribution is -0.137. The number of carboxylic acid groups (broad SMARTS) is 1. The molecule has 0 aromatic rings. The number of rotatable bonds is 13. The Morgan fingerprint density at radius 2 is 2.12 bits per heavy atom. The highest BCUT2D eigenvalue weighted by Gasteiger charge is 2.50. The minimum absolute atomic E-state index is 0.295. The number of hydrogen-bond donors (Lipinski definition) is 1. The normalized spacial score (nSPS) is 28.9. The van der Waals surface area contributed by atoms with Gasteiger partial charge < -0.3 is 5.11 Å². The van der Waals surface area contributed by atoms with Crippen LogP contribution < -0.4 is 0 Å². The van der Waals surface area contributed by atoms with E-state index in [0.29, 0.717) is 11.8 Å². The molecule has 2 aliphatic rings. The number of unbranched alkanes of at least 4 members (excludes halogenated alkanes) is 4. The summed E-state index contributed by atoms with van der Waals surface area (Å²) in [5.74, 6) is 1.97. The van der Waals surface area contributed by atoms with Crippen molar-refractivity contribution in [2.24, 2.45) is 5.41 Å². The van der Waals surface area contributed by atoms with Crippen LogP contribution in [0.5, 0.6) is 0 Å². The molecule has 0 aliphatic carbocycles. The fraction of sp³-hybridized carbons (Fsp3) is 0.850. The highest BCUT2D eigenvalue weighted by atomic mass is 32.2. The van der Waals surface area contributed by atoms with Gasteiger partial charge in [0.25, 0.3) is 0 Å². The van der Waals surface area contributed by atoms with Crippen molar-refractivity contribution < 1.29 is 9.90 Å². The lowest BCUT2D eigenvalue weighted by atomic mass is 9.73. The second-order valence-electron chi connectivity index (χ2n) is 7.47. The highest BCUT2D eigenvalue weighted by molar-refractivity contribution is 8.01. The van der Waals surface area contributed by atoms with Gasteiger partial charge in [0.05, 0.1) is 0 Å². The van der Waals surface area contributed by atoms with Gasteiger partial charge in [0.15, 0.2) is 0 Å². The average Bonchev–Trinajstić information content (AvgIpc) is 3.15. The average molecular weight is 371 g/mol. The van der Waals surface area contributed by atoms with E-state index in [0.717, 1.165) is 23.3 Å². The van der Waals surface area contributed by atoms with E-state index in [1.165, 1.54) is 62.9 Å². The fourth-order valence-electron chi connectivity index (χ4n) is 4.03. The standard InChI is InChI=1S/C20H34O2S2/c1-2-3-4-9-14-23-16-20(15-17-11-12-18(20)24-17)13-8-6-5-7-10-19(21)22/h6,8,17-18H,2-5,7,9-16H2,1H3,(H,21,22)/b8-6-/t17-,18+,20+/m1/s1. The molecule has 24 heavy (non-hydrogen) atoms. The van der Waals surface area contributed by atoms with Gasteiger partial charge in [-0.2, -0.15) is 23.5 Å². The maximum atomic E-state index is 10.6. The molecule has 2 saturated heterocycles. The van der Waals surface area contributed by atoms with Crippen LogP contribution >= 0.6 is 23.5 Å². The van der Waals surface area contributed by atoms with E-state index in [1.807, 2.05) is 0 Å². The molecule has 2 bridgehead atoms. The zero-order chi connectivity index (χ0) is 17.3. The SMILES string of the molecule is CCCCCCSC[C@]1(C/C=C\CCCC(=O)O)C[C@H]2CC[C@@H]1S2. The third-order valence-corrected chi connectivity index (χ3v) is 8.62. The van der Waals surface area contributed by atoms with E-state index < -0.39 is 5.97 Å². The largest absolute Gasteiger partial charge is 0.481 e. The van der Waals surface area contributed by atoms with Gasteiger partial charge in [-0.3, -0.25) is 4.79 Å². The molecule has 0 saturated carbocycles. The molecule has 4 heteroatoms. The number of thioether (sulfide) groups is 2. The smallest absolute Gasteiger partial charge is 0.303 e. The minimum atomic E-state index is -0.677. The minimum Gasteiger partial charge on any atom is -0.481 e. The van der Waals surface area contributed by atoms with E-state index in [4.69, 9.17) is 5.11 Å². The maximum Gasteiger partial charge on any atom is 0.303 e. The number of carbonyl (C=O) groups is 1. The predicted octanol–water partition coefficient (Wildman–Crippen LogP) is 6.16. The van der Waals surface area contributed by atoms with Crippen LogP contribution in [0.4, 0.5) is 0 Å². The zero-order valence-corrected chi connectivity index (χ0v) is 16.8. The van der Waals surface area contributed by atoms with Gasteiger partial charge in [-0.05, 0) is 56.1 Å². The lowest BCUT2D eigenvalue weighted by Crippen LogP contribution is -2.34. The Labute approximate surface area is 156 Å². The second-order valence-corrected chi connectivity index (χ2v) is 10.1. The molecular weight excluding hydrogens is 336 g/mol. The number of hydrogen-bond acceptors (Lipinski definition) is 3. The molecule has 2 nitrogen and oxygen atoms in total. The number of aliphatic carboxylic acids is 1. The molecule has 0 unspecified atom stereocenters. The van der Waals surface area contributed by atoms with Crippen molar-refractivity contribution in [3.8, 4) is 0 Å². The van der Waals surface area contributed by atoms with Crippen LogP contribution in [-0.2, 0) is 4.79 Å². The molecule has 3 atom stereocenters. The molecule has 1 N–H and O–H groups in total. The summed E-state index contributed by atoms with van der Waals surface area (Å²) >= 11 is 4.44. The van der Waals surface area contributed by atoms with E-state index in [-0.39, 0.29) is 0 Å². The van der Waals surface area contributed by atoms with Crippen LogP contribution in [-0.4, -0.2) is 33.1 Å². The first-order valence-electron chi connectivity index (χ1n) is 9.76. The van der Waals surface area contributed by atoms with Gasteiger partial charge in [-0.25, -0.2) is 0 Å². The van der Waals surface area contributed by atoms with Crippen molar-refractivity contribution in [3.05, 3.63) is 12.2 Å². The molecule has 2 fully saturated rings. The van der Waals surface area contributed by atoms with Crippen molar-refractivity contribution in [2.45, 2.75) is 88.1 Å². The second kappa shape index (κ2) is 10.8. The first-order valence-corrected chi connectivity index (χ1v) is 11.9. The molecule has 0 aromatic carbocycles. The molecule has 0 amide bonds. The molecule has 2 aliphatic heterocycles. The number of fused-ring (bicyclic) bond motifs is 2. The molecule has 2 heterocycles. The maximum absolute atomic E-state index is 10.6. The van der Waals surface area contributed by atoms with Crippen LogP contribution in [0.25, 0.3) is 0 Å². The summed E-state index contributed by atoms with van der Waals surface area (Å²) in [6.45, 7) is 2.28. The summed E-state index contributed by atoms with van der Waals surface area (Å²) < 4.78 is 0. The van der Waals surface area contributed by atoms with Gasteiger partial charge in [0.2, 0.25) is 0 Å². The number of allylic oxidation sites excluding steroid dienone is 2. The Morgan fingerprint density at radius 3 is 2.79 bits per heavy atom. The van der Waals surface area contributed by atoms with Crippen molar-refractivity contribution in [1.29, 1.82) is 0 Å². The topological polar surface area (TPSA) is 37.3 Å². The molecule has 0 spiro atoms. The monoisotopic (exact) mass is 370 g/mol. The summed E-state index contributed by atoms with van der Waals surface area (Å²) in [6.07, 6.45) is 17.5. The molecule has 0 radical (unpaired) electrons. The van der Waals surface area contributed by atoms with Gasteiger partial charge in [0.1, 0.15) is 0 Å². The van der Waals surface area contributed by atoms with Gasteiger partial charge >= 0.3 is 5.97 Å². The predicted molar refractivity (Wildman–Crippen MR) is 108 cm³/mol. The Kier molecular flexibility index (Phi) is 9.10. The van der Waals surface area contributed by atoms with Gasteiger partial charge in [0, 0.05) is 22.7 Å². The Morgan fingerprint density at radius 1 is 1.25 bits per heavy atom. The van der Waals surface area contributed by atoms with Crippen molar-refractivity contribution >= 4 is 29.5 Å². The third kappa shape index (κ3) is 6.33. The van der Waals surface area contributed by atoms with Crippen LogP contribution in [0.2, 0.25) is 0 Å². The Bertz CT molecular complexity index is 410. The molecular formula is C20H34O2S2. The first-order chi connectivity index (χ1) is 11.7. The summed E-state index contributed by atoms with van der Waals surface area (Å²) in [5.41, 5.74) is 0.520. The highest BCUT2D eigenvalue weighted by Crippen LogP contribution is 2.59. The first kappa shape index (κ1) is 20.2. The quantitative estimate of drug-likeness (QED) is 0.311. The fourth-order valence-corrected chi connectivity index (χ4v) is 7.53. The summed E-state index contributed by atoms with van der Waals surface area (Å²) in [4.78, 5) is 10.6. The molecule has 0 aromatic heterocycles. The van der Waals surface area contributed by atoms with Crippen molar-refractivity contribution in [3.63, 3.8) is 0 Å². The Balaban J connectivity index is 1.73. The van der Waals surface area contributed by atoms with Crippen LogP contribution in [0.1, 0.15) is 77.6 Å². The molecule has 138 valence electrons. The van der Waals surface area contributed by atoms with E-state index in [9.17, 15) is 4.79 Å². The van der Waals surface area contributed by atoms with E-state index in [2.05, 4.69) is 42.6 Å². The summed E-state index contributed by atoms with van der Waals surface area (Å²) in [7, 11) is 0. The van der Waals surface area contributed by atoms with E-state index in [1.54, 1.807) is 0 Å². The van der Waals surface area contributed by atoms with Crippen molar-refractivity contribution in [1.82, 2.24) is 0 Å². The van der Waals surface area contributed by atoms with Crippen LogP contribution in [0.3, 0.4) is 0 Å². The lowest BCUT2D eigenvalue weighted by Gasteiger charge is -2.36. The van der Waals surface area contributed by atoms with Gasteiger partial charge in [-0.15, -0.1) is 0 Å². The summed E-state index contributed by atoms with van der Waals surface area (Å²) in [5, 5.41) is 10.5. The van der Waals surface area contributed by atoms with E-state index >= 15 is 0 Å². The van der Waals surface area contributed by atoms with Crippen LogP contribution in [0, 0.1) is 5.41 Å². The van der Waals surface area contributed by atoms with Gasteiger partial charge in [-0.1, -0.05) is 38.3 Å². The van der Waals surface area contributed by atoms with Crippen molar-refractivity contribution in [2.75, 3.05) is 11.5 Å². The van der Waals surface area contributed by atoms with Crippen LogP contribution in [0.15, 0.2) is 12.2 Å².